The number of aliphatic hydroxyl groups is 1. The van der Waals surface area contributed by atoms with E-state index in [9.17, 15) is 9.59 Å². The second-order valence-electron chi connectivity index (χ2n) is 3.69. The fourth-order valence-corrected chi connectivity index (χ4v) is 1.31. The molecule has 0 saturated carbocycles. The van der Waals surface area contributed by atoms with E-state index in [1.54, 1.807) is 14.0 Å². The highest BCUT2D eigenvalue weighted by Crippen LogP contribution is 2.15. The topological polar surface area (TPSA) is 104 Å². The molecular formula is C9H16N4O3. The van der Waals surface area contributed by atoms with Crippen LogP contribution in [0.4, 0.5) is 11.5 Å². The van der Waals surface area contributed by atoms with E-state index in [0.29, 0.717) is 0 Å². The van der Waals surface area contributed by atoms with Gasteiger partial charge in [0.05, 0.1) is 6.61 Å². The molecule has 0 aliphatic heterocycles. The second kappa shape index (κ2) is 4.40. The van der Waals surface area contributed by atoms with Crippen LogP contribution in [-0.2, 0) is 7.05 Å². The van der Waals surface area contributed by atoms with E-state index in [0.717, 1.165) is 4.57 Å². The standard InChI is InChI=1S/C9H16N4O3/c1-5(4-14)12(2)6-7(10)13(3)9(16)11-8(6)15/h5,14H,4,10H2,1-3H3,(H,11,15,16). The van der Waals surface area contributed by atoms with E-state index in [-0.39, 0.29) is 24.2 Å². The van der Waals surface area contributed by atoms with Gasteiger partial charge in [-0.25, -0.2) is 4.79 Å². The van der Waals surface area contributed by atoms with E-state index >= 15 is 0 Å². The summed E-state index contributed by atoms with van der Waals surface area (Å²) in [4.78, 5) is 26.5. The number of anilines is 2. The molecule has 0 fully saturated rings. The molecule has 1 heterocycles. The molecule has 0 aliphatic carbocycles. The van der Waals surface area contributed by atoms with E-state index in [1.807, 2.05) is 0 Å². The van der Waals surface area contributed by atoms with Gasteiger partial charge in [0, 0.05) is 20.1 Å². The zero-order chi connectivity index (χ0) is 12.5. The predicted molar refractivity (Wildman–Crippen MR) is 61.7 cm³/mol. The third-order valence-corrected chi connectivity index (χ3v) is 2.62. The van der Waals surface area contributed by atoms with Crippen molar-refractivity contribution in [1.82, 2.24) is 9.55 Å². The molecule has 1 aromatic rings. The average molecular weight is 228 g/mol. The number of nitrogens with two attached hydrogens (primary N) is 1. The Morgan fingerprint density at radius 3 is 2.62 bits per heavy atom. The average Bonchev–Trinajstić information content (AvgIpc) is 2.24. The minimum absolute atomic E-state index is 0.0801. The molecule has 0 saturated heterocycles. The Morgan fingerprint density at radius 1 is 1.56 bits per heavy atom. The van der Waals surface area contributed by atoms with E-state index in [2.05, 4.69) is 4.98 Å². The summed E-state index contributed by atoms with van der Waals surface area (Å²) in [7, 11) is 3.10. The van der Waals surface area contributed by atoms with E-state index in [1.165, 1.54) is 11.9 Å². The molecule has 0 aromatic carbocycles. The fraction of sp³-hybridized carbons (Fsp3) is 0.556. The lowest BCUT2D eigenvalue weighted by atomic mass is 10.3. The quantitative estimate of drug-likeness (QED) is 0.582. The summed E-state index contributed by atoms with van der Waals surface area (Å²) in [5, 5.41) is 9.01. The SMILES string of the molecule is CC(CO)N(C)c1c(N)n(C)c(=O)[nH]c1=O. The Morgan fingerprint density at radius 2 is 2.12 bits per heavy atom. The molecule has 0 spiro atoms. The van der Waals surface area contributed by atoms with Gasteiger partial charge in [-0.3, -0.25) is 14.3 Å². The summed E-state index contributed by atoms with van der Waals surface area (Å²) in [6.45, 7) is 1.63. The number of nitrogens with zero attached hydrogens (tertiary/aromatic N) is 2. The number of nitrogen functional groups attached to an aromatic ring is 1. The molecule has 0 radical (unpaired) electrons. The van der Waals surface area contributed by atoms with Crippen molar-refractivity contribution in [2.75, 3.05) is 24.3 Å². The first kappa shape index (κ1) is 12.3. The number of rotatable bonds is 3. The number of likely N-dealkylation sites (N-methyl/N-ethyl adjacent to an activating group) is 1. The van der Waals surface area contributed by atoms with Crippen LogP contribution in [0.3, 0.4) is 0 Å². The zero-order valence-electron chi connectivity index (χ0n) is 9.52. The Labute approximate surface area is 92.1 Å². The molecule has 7 heteroatoms. The smallest absolute Gasteiger partial charge is 0.329 e. The van der Waals surface area contributed by atoms with Crippen LogP contribution in [0.15, 0.2) is 9.59 Å². The molecule has 90 valence electrons. The van der Waals surface area contributed by atoms with Crippen LogP contribution < -0.4 is 21.9 Å². The van der Waals surface area contributed by atoms with Crippen molar-refractivity contribution in [3.8, 4) is 0 Å². The van der Waals surface area contributed by atoms with Gasteiger partial charge in [-0.05, 0) is 6.92 Å². The maximum Gasteiger partial charge on any atom is 0.329 e. The first-order valence-electron chi connectivity index (χ1n) is 4.82. The molecule has 0 aliphatic rings. The van der Waals surface area contributed by atoms with Crippen LogP contribution in [-0.4, -0.2) is 34.4 Å². The minimum Gasteiger partial charge on any atom is -0.394 e. The lowest BCUT2D eigenvalue weighted by Crippen LogP contribution is -2.40. The van der Waals surface area contributed by atoms with Crippen LogP contribution in [0.2, 0.25) is 0 Å². The van der Waals surface area contributed by atoms with Crippen LogP contribution in [0.1, 0.15) is 6.92 Å². The number of aliphatic hydroxyl groups excluding tert-OH is 1. The number of H-pyrrole nitrogens is 1. The monoisotopic (exact) mass is 228 g/mol. The molecule has 4 N–H and O–H groups in total. The molecule has 1 unspecified atom stereocenters. The van der Waals surface area contributed by atoms with Crippen molar-refractivity contribution in [2.24, 2.45) is 7.05 Å². The third-order valence-electron chi connectivity index (χ3n) is 2.62. The van der Waals surface area contributed by atoms with Gasteiger partial charge in [0.15, 0.2) is 0 Å². The molecular weight excluding hydrogens is 212 g/mol. The van der Waals surface area contributed by atoms with Crippen molar-refractivity contribution >= 4 is 11.5 Å². The second-order valence-corrected chi connectivity index (χ2v) is 3.69. The minimum atomic E-state index is -0.559. The van der Waals surface area contributed by atoms with Gasteiger partial charge < -0.3 is 15.7 Å². The van der Waals surface area contributed by atoms with Crippen molar-refractivity contribution in [3.63, 3.8) is 0 Å². The molecule has 16 heavy (non-hydrogen) atoms. The first-order chi connectivity index (χ1) is 7.40. The largest absolute Gasteiger partial charge is 0.394 e. The van der Waals surface area contributed by atoms with Crippen molar-refractivity contribution in [1.29, 1.82) is 0 Å². The van der Waals surface area contributed by atoms with Crippen molar-refractivity contribution in [2.45, 2.75) is 13.0 Å². The van der Waals surface area contributed by atoms with Crippen molar-refractivity contribution < 1.29 is 5.11 Å². The van der Waals surface area contributed by atoms with Crippen molar-refractivity contribution in [3.05, 3.63) is 20.8 Å². The number of aromatic nitrogens is 2. The van der Waals surface area contributed by atoms with Crippen LogP contribution in [0, 0.1) is 0 Å². The highest BCUT2D eigenvalue weighted by atomic mass is 16.3. The predicted octanol–water partition coefficient (Wildman–Crippen LogP) is -1.53. The normalized spacial score (nSPS) is 12.5. The summed E-state index contributed by atoms with van der Waals surface area (Å²) in [5.74, 6) is 0.0801. The molecule has 1 atom stereocenters. The zero-order valence-corrected chi connectivity index (χ0v) is 9.52. The Bertz CT molecular complexity index is 491. The van der Waals surface area contributed by atoms with Crippen LogP contribution >= 0.6 is 0 Å². The number of hydrogen-bond acceptors (Lipinski definition) is 5. The number of aromatic amines is 1. The van der Waals surface area contributed by atoms with Gasteiger partial charge >= 0.3 is 5.69 Å². The molecule has 1 rings (SSSR count). The summed E-state index contributed by atoms with van der Waals surface area (Å²) >= 11 is 0. The molecule has 7 nitrogen and oxygen atoms in total. The lowest BCUT2D eigenvalue weighted by Gasteiger charge is -2.25. The summed E-state index contributed by atoms with van der Waals surface area (Å²) in [6.07, 6.45) is 0. The van der Waals surface area contributed by atoms with Gasteiger partial charge in [-0.15, -0.1) is 0 Å². The molecule has 0 amide bonds. The maximum absolute atomic E-state index is 11.6. The summed E-state index contributed by atoms with van der Waals surface area (Å²) in [6, 6.07) is -0.263. The number of nitrogens with one attached hydrogen (secondary N) is 1. The van der Waals surface area contributed by atoms with E-state index in [4.69, 9.17) is 10.8 Å². The van der Waals surface area contributed by atoms with Gasteiger partial charge in [0.25, 0.3) is 5.56 Å². The molecule has 0 bridgehead atoms. The summed E-state index contributed by atoms with van der Waals surface area (Å²) < 4.78 is 1.15. The summed E-state index contributed by atoms with van der Waals surface area (Å²) in [5.41, 5.74) is 4.77. The van der Waals surface area contributed by atoms with Gasteiger partial charge in [0.2, 0.25) is 0 Å². The fourth-order valence-electron chi connectivity index (χ4n) is 1.31. The molecule has 1 aromatic heterocycles. The van der Waals surface area contributed by atoms with Gasteiger partial charge in [0.1, 0.15) is 11.5 Å². The Hall–Kier alpha value is -1.76. The Kier molecular flexibility index (Phi) is 3.38. The highest BCUT2D eigenvalue weighted by Gasteiger charge is 2.17. The first-order valence-corrected chi connectivity index (χ1v) is 4.82. The maximum atomic E-state index is 11.6. The van der Waals surface area contributed by atoms with E-state index < -0.39 is 11.2 Å². The highest BCUT2D eigenvalue weighted by molar-refractivity contribution is 5.62. The lowest BCUT2D eigenvalue weighted by molar-refractivity contribution is 0.270. The van der Waals surface area contributed by atoms with Crippen LogP contribution in [0.25, 0.3) is 0 Å². The number of hydrogen-bond donors (Lipinski definition) is 3. The van der Waals surface area contributed by atoms with Crippen LogP contribution in [0.5, 0.6) is 0 Å². The third kappa shape index (κ3) is 1.94. The van der Waals surface area contributed by atoms with Gasteiger partial charge in [-0.1, -0.05) is 0 Å². The van der Waals surface area contributed by atoms with Gasteiger partial charge in [-0.2, -0.15) is 0 Å². The Balaban J connectivity index is 3.40.